The topological polar surface area (TPSA) is 34.9 Å². The Morgan fingerprint density at radius 1 is 1.05 bits per heavy atom. The maximum absolute atomic E-state index is 10.5. The van der Waals surface area contributed by atoms with E-state index in [0.717, 1.165) is 33.7 Å². The Morgan fingerprint density at radius 2 is 1.77 bits per heavy atom. The molecule has 1 heterocycles. The lowest BCUT2D eigenvalue weighted by molar-refractivity contribution is -0.108. The summed E-state index contributed by atoms with van der Waals surface area (Å²) in [5.74, 6) is 0. The van der Waals surface area contributed by atoms with Crippen molar-refractivity contribution in [3.05, 3.63) is 66.1 Å². The molecule has 1 aromatic heterocycles. The molecule has 0 saturated heterocycles. The number of carbonyl (C=O) groups excluding carboxylic acids is 1. The summed E-state index contributed by atoms with van der Waals surface area (Å²) >= 11 is 5.96. The average Bonchev–Trinajstić information content (AvgIpc) is 3.02. The first kappa shape index (κ1) is 14.5. The molecule has 0 unspecified atom stereocenters. The Hall–Kier alpha value is -2.39. The van der Waals surface area contributed by atoms with Crippen LogP contribution in [0.1, 0.15) is 6.42 Å². The molecule has 0 aliphatic carbocycles. The molecule has 0 bridgehead atoms. The fraction of sp³-hybridized carbons (Fsp3) is 0.111. The van der Waals surface area contributed by atoms with Crippen LogP contribution in [-0.2, 0) is 11.3 Å². The number of aldehydes is 1. The van der Waals surface area contributed by atoms with Gasteiger partial charge in [0.2, 0.25) is 0 Å². The fourth-order valence-corrected chi connectivity index (χ4v) is 2.54. The van der Waals surface area contributed by atoms with E-state index in [0.29, 0.717) is 13.0 Å². The van der Waals surface area contributed by atoms with Crippen LogP contribution >= 0.6 is 11.6 Å². The van der Waals surface area contributed by atoms with Crippen LogP contribution in [0.5, 0.6) is 0 Å². The van der Waals surface area contributed by atoms with E-state index in [2.05, 4.69) is 17.1 Å². The Balaban J connectivity index is 1.99. The molecular weight excluding hydrogens is 296 g/mol. The highest BCUT2D eigenvalue weighted by molar-refractivity contribution is 6.30. The van der Waals surface area contributed by atoms with Crippen molar-refractivity contribution in [2.75, 3.05) is 0 Å². The lowest BCUT2D eigenvalue weighted by Gasteiger charge is -2.08. The van der Waals surface area contributed by atoms with Crippen molar-refractivity contribution in [3.63, 3.8) is 0 Å². The van der Waals surface area contributed by atoms with E-state index in [1.54, 1.807) is 6.33 Å². The van der Waals surface area contributed by atoms with Gasteiger partial charge in [-0.25, -0.2) is 4.98 Å². The van der Waals surface area contributed by atoms with E-state index >= 15 is 0 Å². The molecule has 3 rings (SSSR count). The number of halogens is 1. The van der Waals surface area contributed by atoms with Gasteiger partial charge in [-0.3, -0.25) is 0 Å². The first-order chi connectivity index (χ1) is 10.8. The van der Waals surface area contributed by atoms with Crippen molar-refractivity contribution in [3.8, 4) is 22.4 Å². The number of aryl methyl sites for hydroxylation is 1. The SMILES string of the molecule is O=CCCn1cnc(-c2ccccc2-c2ccc(Cl)cc2)c1. The first-order valence-corrected chi connectivity index (χ1v) is 7.46. The molecule has 4 heteroatoms. The van der Waals surface area contributed by atoms with Gasteiger partial charge in [-0.15, -0.1) is 0 Å². The predicted molar refractivity (Wildman–Crippen MR) is 88.8 cm³/mol. The molecule has 0 atom stereocenters. The van der Waals surface area contributed by atoms with Crippen molar-refractivity contribution in [2.45, 2.75) is 13.0 Å². The molecule has 22 heavy (non-hydrogen) atoms. The summed E-state index contributed by atoms with van der Waals surface area (Å²) in [7, 11) is 0. The van der Waals surface area contributed by atoms with E-state index in [4.69, 9.17) is 11.6 Å². The van der Waals surface area contributed by atoms with E-state index in [1.165, 1.54) is 0 Å². The van der Waals surface area contributed by atoms with Crippen molar-refractivity contribution < 1.29 is 4.79 Å². The maximum Gasteiger partial charge on any atom is 0.121 e. The van der Waals surface area contributed by atoms with Crippen molar-refractivity contribution in [2.24, 2.45) is 0 Å². The molecule has 0 aliphatic heterocycles. The number of aromatic nitrogens is 2. The lowest BCUT2D eigenvalue weighted by atomic mass is 9.98. The first-order valence-electron chi connectivity index (χ1n) is 7.08. The van der Waals surface area contributed by atoms with Crippen LogP contribution in [-0.4, -0.2) is 15.8 Å². The Labute approximate surface area is 134 Å². The van der Waals surface area contributed by atoms with Gasteiger partial charge in [-0.1, -0.05) is 48.0 Å². The van der Waals surface area contributed by atoms with Crippen LogP contribution in [0.4, 0.5) is 0 Å². The van der Waals surface area contributed by atoms with Crippen molar-refractivity contribution in [1.29, 1.82) is 0 Å². The smallest absolute Gasteiger partial charge is 0.121 e. The zero-order chi connectivity index (χ0) is 15.4. The Kier molecular flexibility index (Phi) is 4.35. The third-order valence-electron chi connectivity index (χ3n) is 3.50. The van der Waals surface area contributed by atoms with Gasteiger partial charge >= 0.3 is 0 Å². The van der Waals surface area contributed by atoms with Crippen molar-refractivity contribution in [1.82, 2.24) is 9.55 Å². The summed E-state index contributed by atoms with van der Waals surface area (Å²) in [4.78, 5) is 14.9. The van der Waals surface area contributed by atoms with Crippen LogP contribution in [0.25, 0.3) is 22.4 Å². The van der Waals surface area contributed by atoms with Crippen LogP contribution in [0.3, 0.4) is 0 Å². The number of benzene rings is 2. The largest absolute Gasteiger partial charge is 0.336 e. The summed E-state index contributed by atoms with van der Waals surface area (Å²) < 4.78 is 1.93. The predicted octanol–water partition coefficient (Wildman–Crippen LogP) is 4.46. The molecular formula is C18H15ClN2O. The summed E-state index contributed by atoms with van der Waals surface area (Å²) in [6, 6.07) is 15.9. The zero-order valence-electron chi connectivity index (χ0n) is 11.9. The highest BCUT2D eigenvalue weighted by Crippen LogP contribution is 2.31. The second-order valence-corrected chi connectivity index (χ2v) is 5.44. The second-order valence-electron chi connectivity index (χ2n) is 5.00. The van der Waals surface area contributed by atoms with Gasteiger partial charge in [0.15, 0.2) is 0 Å². The van der Waals surface area contributed by atoms with Gasteiger partial charge in [0.1, 0.15) is 6.29 Å². The van der Waals surface area contributed by atoms with Gasteiger partial charge in [0, 0.05) is 29.7 Å². The molecule has 0 saturated carbocycles. The minimum absolute atomic E-state index is 0.495. The van der Waals surface area contributed by atoms with E-state index in [9.17, 15) is 4.79 Å². The van der Waals surface area contributed by atoms with Crippen LogP contribution in [0.15, 0.2) is 61.1 Å². The molecule has 0 amide bonds. The summed E-state index contributed by atoms with van der Waals surface area (Å²) in [6.07, 6.45) is 5.14. The second kappa shape index (κ2) is 6.58. The molecule has 3 nitrogen and oxygen atoms in total. The van der Waals surface area contributed by atoms with Crippen LogP contribution in [0, 0.1) is 0 Å². The number of hydrogen-bond donors (Lipinski definition) is 0. The monoisotopic (exact) mass is 310 g/mol. The molecule has 110 valence electrons. The normalized spacial score (nSPS) is 10.6. The van der Waals surface area contributed by atoms with Crippen LogP contribution < -0.4 is 0 Å². The molecule has 0 radical (unpaired) electrons. The molecule has 3 aromatic rings. The molecule has 2 aromatic carbocycles. The Morgan fingerprint density at radius 3 is 2.50 bits per heavy atom. The van der Waals surface area contributed by atoms with Crippen molar-refractivity contribution >= 4 is 17.9 Å². The number of carbonyl (C=O) groups is 1. The standard InChI is InChI=1S/C18H15ClN2O/c19-15-8-6-14(7-9-15)16-4-1-2-5-17(16)18-12-21(13-20-18)10-3-11-22/h1-2,4-9,11-13H,3,10H2. The molecule has 0 spiro atoms. The van der Waals surface area contributed by atoms with Gasteiger partial charge in [-0.05, 0) is 23.3 Å². The van der Waals surface area contributed by atoms with Gasteiger partial charge in [0.05, 0.1) is 12.0 Å². The highest BCUT2D eigenvalue weighted by Gasteiger charge is 2.09. The minimum Gasteiger partial charge on any atom is -0.336 e. The quantitative estimate of drug-likeness (QED) is 0.652. The highest BCUT2D eigenvalue weighted by atomic mass is 35.5. The zero-order valence-corrected chi connectivity index (χ0v) is 12.7. The third-order valence-corrected chi connectivity index (χ3v) is 3.75. The van der Waals surface area contributed by atoms with Gasteiger partial charge in [-0.2, -0.15) is 0 Å². The van der Waals surface area contributed by atoms with E-state index in [1.807, 2.05) is 47.2 Å². The maximum atomic E-state index is 10.5. The molecule has 0 N–H and O–H groups in total. The summed E-state index contributed by atoms with van der Waals surface area (Å²) in [5.41, 5.74) is 4.17. The molecule has 0 aliphatic rings. The van der Waals surface area contributed by atoms with E-state index < -0.39 is 0 Å². The fourth-order valence-electron chi connectivity index (χ4n) is 2.41. The summed E-state index contributed by atoms with van der Waals surface area (Å²) in [6.45, 7) is 0.652. The molecule has 0 fully saturated rings. The lowest BCUT2D eigenvalue weighted by Crippen LogP contribution is -1.94. The van der Waals surface area contributed by atoms with E-state index in [-0.39, 0.29) is 0 Å². The number of imidazole rings is 1. The minimum atomic E-state index is 0.495. The summed E-state index contributed by atoms with van der Waals surface area (Å²) in [5, 5.41) is 0.722. The third kappa shape index (κ3) is 3.10. The van der Waals surface area contributed by atoms with Gasteiger partial charge < -0.3 is 9.36 Å². The Bertz CT molecular complexity index is 778. The van der Waals surface area contributed by atoms with Gasteiger partial charge in [0.25, 0.3) is 0 Å². The number of hydrogen-bond acceptors (Lipinski definition) is 2. The number of nitrogens with zero attached hydrogens (tertiary/aromatic N) is 2. The average molecular weight is 311 g/mol. The van der Waals surface area contributed by atoms with Crippen LogP contribution in [0.2, 0.25) is 5.02 Å². The number of rotatable bonds is 5.